The van der Waals surface area contributed by atoms with Gasteiger partial charge in [0, 0.05) is 44.0 Å². The number of hydrogen-bond acceptors (Lipinski definition) is 7. The molecule has 42 heavy (non-hydrogen) atoms. The quantitative estimate of drug-likeness (QED) is 0.285. The average Bonchev–Trinajstić information content (AvgIpc) is 3.77. The largest absolute Gasteiger partial charge is 0.462 e. The van der Waals surface area contributed by atoms with Crippen molar-refractivity contribution in [3.63, 3.8) is 0 Å². The molecule has 9 heteroatoms. The lowest BCUT2D eigenvalue weighted by Crippen LogP contribution is -2.44. The number of rotatable bonds is 8. The zero-order chi connectivity index (χ0) is 29.9. The van der Waals surface area contributed by atoms with Crippen LogP contribution in [0.5, 0.6) is 0 Å². The number of carbonyl (C=O) groups excluding carboxylic acids is 2. The monoisotopic (exact) mass is 574 g/mol. The number of piperidine rings is 1. The van der Waals surface area contributed by atoms with Crippen molar-refractivity contribution >= 4 is 18.0 Å². The fourth-order valence-corrected chi connectivity index (χ4v) is 5.51. The van der Waals surface area contributed by atoms with Crippen molar-refractivity contribution in [1.29, 1.82) is 0 Å². The molecule has 1 saturated carbocycles. The number of hydrogen-bond donors (Lipinski definition) is 0. The second-order valence-electron chi connectivity index (χ2n) is 12.1. The normalized spacial score (nSPS) is 18.8. The molecule has 0 bridgehead atoms. The van der Waals surface area contributed by atoms with E-state index in [4.69, 9.17) is 9.47 Å². The lowest BCUT2D eigenvalue weighted by Gasteiger charge is -2.35. The van der Waals surface area contributed by atoms with Gasteiger partial charge in [-0.25, -0.2) is 23.9 Å². The Hall–Kier alpha value is -4.01. The van der Waals surface area contributed by atoms with Crippen molar-refractivity contribution in [2.24, 2.45) is 5.92 Å². The number of amides is 1. The molecule has 222 valence electrons. The van der Waals surface area contributed by atoms with E-state index in [9.17, 15) is 14.0 Å². The summed E-state index contributed by atoms with van der Waals surface area (Å²) in [6, 6.07) is 14.9. The number of nitrogens with zero attached hydrogens (tertiary/aromatic N) is 4. The minimum absolute atomic E-state index is 0.0910. The summed E-state index contributed by atoms with van der Waals surface area (Å²) in [7, 11) is 0. The molecule has 8 nitrogen and oxygen atoms in total. The second kappa shape index (κ2) is 12.5. The molecular formula is C33H39FN4O4. The molecule has 1 saturated heterocycles. The van der Waals surface area contributed by atoms with Gasteiger partial charge in [0.1, 0.15) is 11.4 Å². The minimum Gasteiger partial charge on any atom is -0.462 e. The SMILES string of the molecule is CCOC(=O)c1cnc(N2CCC(CN(C(=O)OC(C)(C)C)C3CC3c3ccc(-c4ccc(F)cc4)cc3)CC2)nc1. The van der Waals surface area contributed by atoms with Crippen molar-refractivity contribution in [3.8, 4) is 11.1 Å². The molecule has 2 atom stereocenters. The van der Waals surface area contributed by atoms with Gasteiger partial charge in [-0.1, -0.05) is 36.4 Å². The van der Waals surface area contributed by atoms with E-state index in [1.807, 2.05) is 25.7 Å². The van der Waals surface area contributed by atoms with Crippen LogP contribution >= 0.6 is 0 Å². The second-order valence-corrected chi connectivity index (χ2v) is 12.1. The average molecular weight is 575 g/mol. The van der Waals surface area contributed by atoms with Gasteiger partial charge in [0.2, 0.25) is 5.95 Å². The van der Waals surface area contributed by atoms with Crippen LogP contribution in [0, 0.1) is 11.7 Å². The highest BCUT2D eigenvalue weighted by atomic mass is 19.1. The van der Waals surface area contributed by atoms with E-state index in [-0.39, 0.29) is 23.9 Å². The highest BCUT2D eigenvalue weighted by Crippen LogP contribution is 2.46. The molecule has 0 N–H and O–H groups in total. The summed E-state index contributed by atoms with van der Waals surface area (Å²) in [5, 5.41) is 0. The Bertz CT molecular complexity index is 1370. The summed E-state index contributed by atoms with van der Waals surface area (Å²) in [5.41, 5.74) is 2.96. The maximum atomic E-state index is 13.4. The zero-order valence-electron chi connectivity index (χ0n) is 24.8. The Kier molecular flexibility index (Phi) is 8.75. The lowest BCUT2D eigenvalue weighted by atomic mass is 9.96. The molecule has 1 aliphatic carbocycles. The lowest BCUT2D eigenvalue weighted by molar-refractivity contribution is 0.0190. The van der Waals surface area contributed by atoms with Gasteiger partial charge in [0.05, 0.1) is 12.2 Å². The van der Waals surface area contributed by atoms with Gasteiger partial charge in [-0.3, -0.25) is 0 Å². The van der Waals surface area contributed by atoms with Gasteiger partial charge >= 0.3 is 12.1 Å². The molecule has 5 rings (SSSR count). The predicted molar refractivity (Wildman–Crippen MR) is 159 cm³/mol. The first-order chi connectivity index (χ1) is 20.1. The number of ether oxygens (including phenoxy) is 2. The van der Waals surface area contributed by atoms with Gasteiger partial charge in [-0.2, -0.15) is 0 Å². The minimum atomic E-state index is -0.576. The number of carbonyl (C=O) groups is 2. The fourth-order valence-electron chi connectivity index (χ4n) is 5.51. The van der Waals surface area contributed by atoms with E-state index in [0.29, 0.717) is 30.6 Å². The van der Waals surface area contributed by atoms with E-state index < -0.39 is 11.6 Å². The van der Waals surface area contributed by atoms with E-state index in [1.54, 1.807) is 19.1 Å². The van der Waals surface area contributed by atoms with E-state index >= 15 is 0 Å². The molecule has 0 radical (unpaired) electrons. The Morgan fingerprint density at radius 3 is 2.14 bits per heavy atom. The Balaban J connectivity index is 1.21. The summed E-state index contributed by atoms with van der Waals surface area (Å²) in [5.74, 6) is 0.506. The molecular weight excluding hydrogens is 535 g/mol. The summed E-state index contributed by atoms with van der Waals surface area (Å²) in [6.07, 6.45) is 5.44. The Morgan fingerprint density at radius 2 is 1.57 bits per heavy atom. The third kappa shape index (κ3) is 7.24. The maximum absolute atomic E-state index is 13.4. The first-order valence-corrected chi connectivity index (χ1v) is 14.7. The summed E-state index contributed by atoms with van der Waals surface area (Å²) in [6.45, 7) is 9.93. The van der Waals surface area contributed by atoms with Crippen LogP contribution in [0.15, 0.2) is 60.9 Å². The molecule has 2 heterocycles. The number of esters is 1. The molecule has 1 amide bonds. The van der Waals surface area contributed by atoms with Gasteiger partial charge in [0.15, 0.2) is 0 Å². The smallest absolute Gasteiger partial charge is 0.410 e. The summed E-state index contributed by atoms with van der Waals surface area (Å²) < 4.78 is 24.2. The first kappa shape index (κ1) is 29.5. The number of halogens is 1. The van der Waals surface area contributed by atoms with Crippen LogP contribution in [0.2, 0.25) is 0 Å². The van der Waals surface area contributed by atoms with Crippen LogP contribution < -0.4 is 4.90 Å². The molecule has 1 aliphatic heterocycles. The van der Waals surface area contributed by atoms with Crippen molar-refractivity contribution in [3.05, 3.63) is 77.9 Å². The first-order valence-electron chi connectivity index (χ1n) is 14.7. The molecule has 0 spiro atoms. The standard InChI is InChI=1S/C33H39FN4O4/c1-5-41-30(39)26-19-35-31(36-20-26)37-16-14-22(15-17-37)21-38(32(40)42-33(2,3)4)29-18-28(29)25-8-6-23(7-9-25)24-10-12-27(34)13-11-24/h6-13,19-20,22,28-29H,5,14-18,21H2,1-4H3. The van der Waals surface area contributed by atoms with Crippen LogP contribution in [0.4, 0.5) is 15.1 Å². The van der Waals surface area contributed by atoms with Gasteiger partial charge in [-0.15, -0.1) is 0 Å². The predicted octanol–water partition coefficient (Wildman–Crippen LogP) is 6.47. The molecule has 2 aliphatic rings. The van der Waals surface area contributed by atoms with Crippen LogP contribution in [-0.2, 0) is 9.47 Å². The molecule has 2 aromatic carbocycles. The number of anilines is 1. The van der Waals surface area contributed by atoms with E-state index in [1.165, 1.54) is 30.1 Å². The highest BCUT2D eigenvalue weighted by Gasteiger charge is 2.46. The summed E-state index contributed by atoms with van der Waals surface area (Å²) >= 11 is 0. The zero-order valence-corrected chi connectivity index (χ0v) is 24.8. The van der Waals surface area contributed by atoms with E-state index in [0.717, 1.165) is 43.5 Å². The van der Waals surface area contributed by atoms with Crippen LogP contribution in [0.3, 0.4) is 0 Å². The van der Waals surface area contributed by atoms with Crippen LogP contribution in [-0.4, -0.2) is 64.8 Å². The van der Waals surface area contributed by atoms with Gasteiger partial charge < -0.3 is 19.3 Å². The maximum Gasteiger partial charge on any atom is 0.410 e. The molecule has 3 aromatic rings. The van der Waals surface area contributed by atoms with Crippen LogP contribution in [0.25, 0.3) is 11.1 Å². The van der Waals surface area contributed by atoms with Crippen molar-refractivity contribution in [1.82, 2.24) is 14.9 Å². The Morgan fingerprint density at radius 1 is 0.976 bits per heavy atom. The third-order valence-corrected chi connectivity index (χ3v) is 7.80. The Labute approximate surface area is 246 Å². The molecule has 2 unspecified atom stereocenters. The number of benzene rings is 2. The van der Waals surface area contributed by atoms with Gasteiger partial charge in [-0.05, 0) is 81.7 Å². The highest BCUT2D eigenvalue weighted by molar-refractivity contribution is 5.88. The third-order valence-electron chi connectivity index (χ3n) is 7.80. The van der Waals surface area contributed by atoms with Crippen molar-refractivity contribution in [2.45, 2.75) is 64.5 Å². The van der Waals surface area contributed by atoms with Crippen molar-refractivity contribution in [2.75, 3.05) is 31.1 Å². The summed E-state index contributed by atoms with van der Waals surface area (Å²) in [4.78, 5) is 38.1. The van der Waals surface area contributed by atoms with Gasteiger partial charge in [0.25, 0.3) is 0 Å². The van der Waals surface area contributed by atoms with E-state index in [2.05, 4.69) is 39.1 Å². The van der Waals surface area contributed by atoms with Crippen molar-refractivity contribution < 1.29 is 23.5 Å². The number of aromatic nitrogens is 2. The topological polar surface area (TPSA) is 84.9 Å². The fraction of sp³-hybridized carbons (Fsp3) is 0.455. The molecule has 2 fully saturated rings. The molecule has 1 aromatic heterocycles. The van der Waals surface area contributed by atoms with Crippen LogP contribution in [0.1, 0.15) is 68.8 Å².